The second-order valence-electron chi connectivity index (χ2n) is 4.53. The maximum Gasteiger partial charge on any atom is 0.317 e. The highest BCUT2D eigenvalue weighted by Gasteiger charge is 2.16. The minimum Gasteiger partial charge on any atom is -0.507 e. The molecule has 7 heteroatoms. The van der Waals surface area contributed by atoms with Crippen molar-refractivity contribution < 1.29 is 19.8 Å². The zero-order valence-electron chi connectivity index (χ0n) is 11.8. The Morgan fingerprint density at radius 3 is 2.82 bits per heavy atom. The van der Waals surface area contributed by atoms with Crippen LogP contribution in [0.5, 0.6) is 5.75 Å². The van der Waals surface area contributed by atoms with Gasteiger partial charge < -0.3 is 20.4 Å². The van der Waals surface area contributed by atoms with Gasteiger partial charge in [0.1, 0.15) is 12.4 Å². The van der Waals surface area contributed by atoms with E-state index in [1.54, 1.807) is 24.3 Å². The summed E-state index contributed by atoms with van der Waals surface area (Å²) in [6.07, 6.45) is 1.50. The van der Waals surface area contributed by atoms with E-state index < -0.39 is 11.5 Å². The number of aromatic nitrogens is 1. The lowest BCUT2D eigenvalue weighted by atomic mass is 10.1. The van der Waals surface area contributed by atoms with Crippen molar-refractivity contribution in [3.8, 4) is 5.75 Å². The molecule has 0 aliphatic carbocycles. The topological polar surface area (TPSA) is 101 Å². The Morgan fingerprint density at radius 2 is 2.14 bits per heavy atom. The Balaban J connectivity index is 2.53. The molecule has 1 heterocycles. The molecule has 116 valence electrons. The Hall–Kier alpha value is -2.80. The molecule has 22 heavy (non-hydrogen) atoms. The van der Waals surface area contributed by atoms with E-state index in [2.05, 4.69) is 11.9 Å². The van der Waals surface area contributed by atoms with Crippen molar-refractivity contribution in [3.63, 3.8) is 0 Å². The molecule has 7 nitrogen and oxygen atoms in total. The molecule has 0 aliphatic rings. The third kappa shape index (κ3) is 3.09. The van der Waals surface area contributed by atoms with Gasteiger partial charge in [0, 0.05) is 11.9 Å². The number of carbonyl (C=O) groups is 1. The fraction of sp³-hybridized carbons (Fsp3) is 0.200. The van der Waals surface area contributed by atoms with E-state index in [4.69, 9.17) is 9.94 Å². The lowest BCUT2D eigenvalue weighted by Crippen LogP contribution is -2.33. The molecule has 0 aliphatic heterocycles. The molecule has 0 spiro atoms. The molecule has 0 amide bonds. The van der Waals surface area contributed by atoms with Gasteiger partial charge in [-0.1, -0.05) is 24.8 Å². The third-order valence-electron chi connectivity index (χ3n) is 3.01. The second kappa shape index (κ2) is 6.77. The number of fused-ring (bicyclic) bond motifs is 1. The zero-order chi connectivity index (χ0) is 16.1. The number of nitrogens with zero attached hydrogens (tertiary/aromatic N) is 1. The fourth-order valence-electron chi connectivity index (χ4n) is 2.06. The predicted molar refractivity (Wildman–Crippen MR) is 80.9 cm³/mol. The summed E-state index contributed by atoms with van der Waals surface area (Å²) in [5.74, 6) is -1.24. The predicted octanol–water partition coefficient (Wildman–Crippen LogP) is 0.496. The van der Waals surface area contributed by atoms with Crippen LogP contribution in [0, 0.1) is 0 Å². The second-order valence-corrected chi connectivity index (χ2v) is 4.53. The molecular formula is C15H16N2O5. The van der Waals surface area contributed by atoms with Gasteiger partial charge in [-0.3, -0.25) is 9.59 Å². The normalized spacial score (nSPS) is 10.5. The first-order valence-electron chi connectivity index (χ1n) is 6.58. The standard InChI is InChI=1S/C15H16N2O5/c1-2-7-22-17-12-6-4-3-5-10(12)14(20)11(15(17)21)8-16-9-13(18)19/h2-6,16,20H,1,7-9H2,(H,18,19). The van der Waals surface area contributed by atoms with Crippen molar-refractivity contribution >= 4 is 16.9 Å². The van der Waals surface area contributed by atoms with E-state index in [-0.39, 0.29) is 31.0 Å². The number of carboxylic acid groups (broad SMARTS) is 1. The number of para-hydroxylation sites is 1. The van der Waals surface area contributed by atoms with E-state index in [9.17, 15) is 14.7 Å². The monoisotopic (exact) mass is 304 g/mol. The number of pyridine rings is 1. The smallest absolute Gasteiger partial charge is 0.317 e. The Morgan fingerprint density at radius 1 is 1.41 bits per heavy atom. The maximum absolute atomic E-state index is 12.4. The van der Waals surface area contributed by atoms with E-state index in [0.717, 1.165) is 4.73 Å². The number of benzene rings is 1. The van der Waals surface area contributed by atoms with Gasteiger partial charge >= 0.3 is 5.97 Å². The van der Waals surface area contributed by atoms with Crippen LogP contribution in [0.15, 0.2) is 41.7 Å². The Labute approximate surface area is 126 Å². The minimum atomic E-state index is -1.05. The third-order valence-corrected chi connectivity index (χ3v) is 3.01. The molecule has 0 fully saturated rings. The van der Waals surface area contributed by atoms with Crippen LogP contribution in [0.2, 0.25) is 0 Å². The average molecular weight is 304 g/mol. The Bertz CT molecular complexity index is 766. The van der Waals surface area contributed by atoms with Crippen molar-refractivity contribution in [1.82, 2.24) is 10.0 Å². The van der Waals surface area contributed by atoms with Crippen molar-refractivity contribution in [2.75, 3.05) is 13.2 Å². The van der Waals surface area contributed by atoms with Crippen molar-refractivity contribution in [2.24, 2.45) is 0 Å². The number of aromatic hydroxyl groups is 1. The summed E-state index contributed by atoms with van der Waals surface area (Å²) < 4.78 is 1.08. The quantitative estimate of drug-likeness (QED) is 0.644. The van der Waals surface area contributed by atoms with Gasteiger partial charge in [0.05, 0.1) is 17.6 Å². The highest BCUT2D eigenvalue weighted by atomic mass is 16.7. The minimum absolute atomic E-state index is 0.0454. The molecular weight excluding hydrogens is 288 g/mol. The maximum atomic E-state index is 12.4. The molecule has 3 N–H and O–H groups in total. The molecule has 0 saturated carbocycles. The molecule has 1 aromatic heterocycles. The van der Waals surface area contributed by atoms with Gasteiger partial charge in [0.2, 0.25) is 0 Å². The van der Waals surface area contributed by atoms with Crippen LogP contribution in [-0.2, 0) is 11.3 Å². The van der Waals surface area contributed by atoms with Gasteiger partial charge in [0.25, 0.3) is 5.56 Å². The molecule has 2 rings (SSSR count). The number of aliphatic carboxylic acids is 1. The zero-order valence-corrected chi connectivity index (χ0v) is 11.8. The molecule has 0 atom stereocenters. The first-order chi connectivity index (χ1) is 10.6. The summed E-state index contributed by atoms with van der Waals surface area (Å²) in [7, 11) is 0. The summed E-state index contributed by atoms with van der Waals surface area (Å²) in [5.41, 5.74) is -0.0752. The van der Waals surface area contributed by atoms with Gasteiger partial charge in [-0.05, 0) is 12.1 Å². The molecule has 1 aromatic carbocycles. The number of rotatable bonds is 7. The van der Waals surface area contributed by atoms with E-state index in [1.165, 1.54) is 6.08 Å². The van der Waals surface area contributed by atoms with Crippen LogP contribution in [0.4, 0.5) is 0 Å². The largest absolute Gasteiger partial charge is 0.507 e. The van der Waals surface area contributed by atoms with Crippen molar-refractivity contribution in [2.45, 2.75) is 6.54 Å². The van der Waals surface area contributed by atoms with Crippen LogP contribution < -0.4 is 15.7 Å². The molecule has 2 aromatic rings. The molecule has 0 saturated heterocycles. The number of hydrogen-bond acceptors (Lipinski definition) is 5. The van der Waals surface area contributed by atoms with Crippen LogP contribution in [0.3, 0.4) is 0 Å². The van der Waals surface area contributed by atoms with Crippen molar-refractivity contribution in [1.29, 1.82) is 0 Å². The summed E-state index contributed by atoms with van der Waals surface area (Å²) >= 11 is 0. The fourth-order valence-corrected chi connectivity index (χ4v) is 2.06. The van der Waals surface area contributed by atoms with E-state index in [1.807, 2.05) is 0 Å². The summed E-state index contributed by atoms with van der Waals surface area (Å²) in [5, 5.41) is 21.9. The van der Waals surface area contributed by atoms with E-state index in [0.29, 0.717) is 10.9 Å². The first-order valence-corrected chi connectivity index (χ1v) is 6.58. The van der Waals surface area contributed by atoms with Crippen LogP contribution in [0.1, 0.15) is 5.56 Å². The summed E-state index contributed by atoms with van der Waals surface area (Å²) in [4.78, 5) is 28.3. The van der Waals surface area contributed by atoms with Gasteiger partial charge in [-0.25, -0.2) is 0 Å². The van der Waals surface area contributed by atoms with Crippen LogP contribution in [0.25, 0.3) is 10.9 Å². The number of hydrogen-bond donors (Lipinski definition) is 3. The van der Waals surface area contributed by atoms with Crippen LogP contribution in [-0.4, -0.2) is 34.1 Å². The SMILES string of the molecule is C=CCOn1c(=O)c(CNCC(=O)O)c(O)c2ccccc21. The summed E-state index contributed by atoms with van der Waals surface area (Å²) in [6.45, 7) is 3.24. The molecule has 0 bridgehead atoms. The van der Waals surface area contributed by atoms with Gasteiger partial charge in [0.15, 0.2) is 0 Å². The van der Waals surface area contributed by atoms with Gasteiger partial charge in [-0.15, -0.1) is 4.73 Å². The highest BCUT2D eigenvalue weighted by Crippen LogP contribution is 2.25. The Kier molecular flexibility index (Phi) is 4.80. The average Bonchev–Trinajstić information content (AvgIpc) is 2.50. The number of nitrogens with one attached hydrogen (secondary N) is 1. The summed E-state index contributed by atoms with van der Waals surface area (Å²) in [6, 6.07) is 6.74. The lowest BCUT2D eigenvalue weighted by Gasteiger charge is -2.14. The first kappa shape index (κ1) is 15.6. The molecule has 0 radical (unpaired) electrons. The highest BCUT2D eigenvalue weighted by molar-refractivity contribution is 5.86. The molecule has 0 unspecified atom stereocenters. The van der Waals surface area contributed by atoms with Crippen LogP contribution >= 0.6 is 0 Å². The number of carboxylic acids is 1. The van der Waals surface area contributed by atoms with Crippen molar-refractivity contribution in [3.05, 3.63) is 52.8 Å². The van der Waals surface area contributed by atoms with E-state index >= 15 is 0 Å². The van der Waals surface area contributed by atoms with Gasteiger partial charge in [-0.2, -0.15) is 0 Å². The lowest BCUT2D eigenvalue weighted by molar-refractivity contribution is -0.136.